The smallest absolute Gasteiger partial charge is 0.214 e. The van der Waals surface area contributed by atoms with Crippen molar-refractivity contribution in [2.24, 2.45) is 5.92 Å². The number of nitrogens with zero attached hydrogens (tertiary/aromatic N) is 2. The van der Waals surface area contributed by atoms with E-state index in [1.807, 2.05) is 0 Å². The van der Waals surface area contributed by atoms with Crippen molar-refractivity contribution in [3.63, 3.8) is 0 Å². The predicted molar refractivity (Wildman–Crippen MR) is 78.6 cm³/mol. The Balaban J connectivity index is 2.02. The molecule has 1 saturated heterocycles. The summed E-state index contributed by atoms with van der Waals surface area (Å²) in [6, 6.07) is 3.36. The molecule has 8 heteroatoms. The molecule has 0 amide bonds. The quantitative estimate of drug-likeness (QED) is 0.859. The number of aliphatic hydroxyl groups excluding tert-OH is 1. The van der Waals surface area contributed by atoms with Crippen LogP contribution in [0, 0.1) is 17.6 Å². The molecule has 0 spiro atoms. The molecule has 0 aliphatic carbocycles. The summed E-state index contributed by atoms with van der Waals surface area (Å²) in [5, 5.41) is 10.0. The summed E-state index contributed by atoms with van der Waals surface area (Å²) >= 11 is 0. The van der Waals surface area contributed by atoms with E-state index < -0.39 is 33.7 Å². The highest BCUT2D eigenvalue weighted by Gasteiger charge is 2.35. The Morgan fingerprint density at radius 2 is 2.00 bits per heavy atom. The Bertz CT molecular complexity index is 637. The number of benzene rings is 1. The predicted octanol–water partition coefficient (Wildman–Crippen LogP) is 0.649. The standard InChI is InChI=1S/C14H20F2N2O3S/c1-17(2)22(20,21)9-11-7-18(8-14(11)19)6-10-3-4-12(15)5-13(10)16/h3-5,11,14,19H,6-9H2,1-2H3/t11-,14+/m0/s1. The summed E-state index contributed by atoms with van der Waals surface area (Å²) in [6.07, 6.45) is -0.779. The van der Waals surface area contributed by atoms with Gasteiger partial charge in [0.05, 0.1) is 11.9 Å². The zero-order valence-corrected chi connectivity index (χ0v) is 13.4. The Morgan fingerprint density at radius 1 is 1.32 bits per heavy atom. The molecular formula is C14H20F2N2O3S. The molecule has 1 N–H and O–H groups in total. The van der Waals surface area contributed by atoms with Crippen LogP contribution in [0.5, 0.6) is 0 Å². The maximum absolute atomic E-state index is 13.6. The van der Waals surface area contributed by atoms with E-state index >= 15 is 0 Å². The summed E-state index contributed by atoms with van der Waals surface area (Å²) in [7, 11) is -0.508. The molecule has 22 heavy (non-hydrogen) atoms. The molecule has 2 rings (SSSR count). The van der Waals surface area contributed by atoms with E-state index in [1.165, 1.54) is 26.2 Å². The normalized spacial score (nSPS) is 23.4. The lowest BCUT2D eigenvalue weighted by atomic mass is 10.1. The fourth-order valence-corrected chi connectivity index (χ4v) is 3.71. The van der Waals surface area contributed by atoms with Crippen LogP contribution in [-0.4, -0.2) is 61.8 Å². The first-order chi connectivity index (χ1) is 10.2. The number of hydrogen-bond acceptors (Lipinski definition) is 4. The molecule has 1 aromatic rings. The van der Waals surface area contributed by atoms with Crippen LogP contribution >= 0.6 is 0 Å². The molecule has 1 aliphatic heterocycles. The molecule has 1 heterocycles. The fraction of sp³-hybridized carbons (Fsp3) is 0.571. The van der Waals surface area contributed by atoms with Gasteiger partial charge in [-0.2, -0.15) is 0 Å². The molecule has 0 unspecified atom stereocenters. The van der Waals surface area contributed by atoms with E-state index in [0.29, 0.717) is 12.1 Å². The third kappa shape index (κ3) is 4.01. The van der Waals surface area contributed by atoms with E-state index in [9.17, 15) is 22.3 Å². The highest BCUT2D eigenvalue weighted by atomic mass is 32.2. The summed E-state index contributed by atoms with van der Waals surface area (Å²) in [5.74, 6) is -1.85. The van der Waals surface area contributed by atoms with Crippen molar-refractivity contribution >= 4 is 10.0 Å². The molecule has 2 atom stereocenters. The van der Waals surface area contributed by atoms with Crippen LogP contribution in [0.1, 0.15) is 5.56 Å². The molecule has 124 valence electrons. The third-order valence-corrected chi connectivity index (χ3v) is 5.83. The molecule has 0 saturated carbocycles. The van der Waals surface area contributed by atoms with Gasteiger partial charge in [-0.25, -0.2) is 21.5 Å². The van der Waals surface area contributed by atoms with Crippen molar-refractivity contribution in [1.82, 2.24) is 9.21 Å². The summed E-state index contributed by atoms with van der Waals surface area (Å²) < 4.78 is 51.4. The monoisotopic (exact) mass is 334 g/mol. The Hall–Kier alpha value is -1.09. The second kappa shape index (κ2) is 6.57. The van der Waals surface area contributed by atoms with E-state index in [-0.39, 0.29) is 18.8 Å². The van der Waals surface area contributed by atoms with Crippen LogP contribution in [0.4, 0.5) is 8.78 Å². The van der Waals surface area contributed by atoms with E-state index in [0.717, 1.165) is 10.4 Å². The highest BCUT2D eigenvalue weighted by Crippen LogP contribution is 2.22. The zero-order valence-electron chi connectivity index (χ0n) is 12.5. The largest absolute Gasteiger partial charge is 0.391 e. The minimum absolute atomic E-state index is 0.149. The summed E-state index contributed by atoms with van der Waals surface area (Å²) in [5.41, 5.74) is 0.324. The van der Waals surface area contributed by atoms with Gasteiger partial charge in [0.15, 0.2) is 0 Å². The Kier molecular flexibility index (Phi) is 5.16. The second-order valence-electron chi connectivity index (χ2n) is 5.82. The van der Waals surface area contributed by atoms with Crippen LogP contribution in [0.25, 0.3) is 0 Å². The number of hydrogen-bond donors (Lipinski definition) is 1. The first-order valence-electron chi connectivity index (χ1n) is 6.93. The minimum atomic E-state index is -3.40. The number of β-amino-alcohol motifs (C(OH)–C–C–N with tert-alkyl or cyclic N) is 1. The molecule has 0 aromatic heterocycles. The molecule has 1 aliphatic rings. The van der Waals surface area contributed by atoms with Crippen molar-refractivity contribution in [3.8, 4) is 0 Å². The number of halogens is 2. The van der Waals surface area contributed by atoms with Crippen LogP contribution in [0.3, 0.4) is 0 Å². The fourth-order valence-electron chi connectivity index (χ4n) is 2.54. The molecule has 5 nitrogen and oxygen atoms in total. The van der Waals surface area contributed by atoms with Gasteiger partial charge >= 0.3 is 0 Å². The van der Waals surface area contributed by atoms with Gasteiger partial charge in [-0.05, 0) is 6.07 Å². The lowest BCUT2D eigenvalue weighted by Crippen LogP contribution is -2.33. The van der Waals surface area contributed by atoms with Crippen LogP contribution in [0.2, 0.25) is 0 Å². The van der Waals surface area contributed by atoms with Crippen LogP contribution < -0.4 is 0 Å². The van der Waals surface area contributed by atoms with Gasteiger partial charge in [0.25, 0.3) is 0 Å². The van der Waals surface area contributed by atoms with Gasteiger partial charge < -0.3 is 5.11 Å². The number of aliphatic hydroxyl groups is 1. The second-order valence-corrected chi connectivity index (χ2v) is 8.05. The van der Waals surface area contributed by atoms with Crippen molar-refractivity contribution in [2.75, 3.05) is 32.9 Å². The molecule has 0 radical (unpaired) electrons. The SMILES string of the molecule is CN(C)S(=O)(=O)C[C@@H]1CN(Cc2ccc(F)cc2F)C[C@H]1O. The lowest BCUT2D eigenvalue weighted by Gasteiger charge is -2.18. The molecule has 0 bridgehead atoms. The highest BCUT2D eigenvalue weighted by molar-refractivity contribution is 7.89. The third-order valence-electron chi connectivity index (χ3n) is 3.87. The summed E-state index contributed by atoms with van der Waals surface area (Å²) in [4.78, 5) is 1.77. The van der Waals surface area contributed by atoms with E-state index in [4.69, 9.17) is 0 Å². The van der Waals surface area contributed by atoms with Crippen LogP contribution in [0.15, 0.2) is 18.2 Å². The lowest BCUT2D eigenvalue weighted by molar-refractivity contribution is 0.148. The average molecular weight is 334 g/mol. The van der Waals surface area contributed by atoms with Gasteiger partial charge in [0.2, 0.25) is 10.0 Å². The van der Waals surface area contributed by atoms with Gasteiger partial charge in [-0.3, -0.25) is 4.90 Å². The zero-order chi connectivity index (χ0) is 16.5. The van der Waals surface area contributed by atoms with Gasteiger partial charge in [0, 0.05) is 51.3 Å². The van der Waals surface area contributed by atoms with Crippen molar-refractivity contribution in [2.45, 2.75) is 12.6 Å². The average Bonchev–Trinajstić information content (AvgIpc) is 2.72. The van der Waals surface area contributed by atoms with Gasteiger partial charge in [-0.15, -0.1) is 0 Å². The molecule has 1 fully saturated rings. The number of sulfonamides is 1. The first kappa shape index (κ1) is 17.3. The minimum Gasteiger partial charge on any atom is -0.391 e. The van der Waals surface area contributed by atoms with Crippen molar-refractivity contribution < 1.29 is 22.3 Å². The van der Waals surface area contributed by atoms with Crippen molar-refractivity contribution in [1.29, 1.82) is 0 Å². The topological polar surface area (TPSA) is 60.9 Å². The molecular weight excluding hydrogens is 314 g/mol. The van der Waals surface area contributed by atoms with E-state index in [1.54, 1.807) is 4.90 Å². The van der Waals surface area contributed by atoms with Gasteiger partial charge in [-0.1, -0.05) is 6.07 Å². The van der Waals surface area contributed by atoms with Gasteiger partial charge in [0.1, 0.15) is 11.6 Å². The van der Waals surface area contributed by atoms with E-state index in [2.05, 4.69) is 0 Å². The number of rotatable bonds is 5. The summed E-state index contributed by atoms with van der Waals surface area (Å²) in [6.45, 7) is 0.831. The first-order valence-corrected chi connectivity index (χ1v) is 8.54. The van der Waals surface area contributed by atoms with Crippen molar-refractivity contribution in [3.05, 3.63) is 35.4 Å². The number of likely N-dealkylation sites (tertiary alicyclic amines) is 1. The maximum Gasteiger partial charge on any atom is 0.214 e. The van der Waals surface area contributed by atoms with Crippen LogP contribution in [-0.2, 0) is 16.6 Å². The molecule has 1 aromatic carbocycles. The Labute approximate surface area is 129 Å². The Morgan fingerprint density at radius 3 is 2.59 bits per heavy atom. The maximum atomic E-state index is 13.6.